The predicted octanol–water partition coefficient (Wildman–Crippen LogP) is 3.22. The largest absolute Gasteiger partial charge is 0.323 e. The van der Waals surface area contributed by atoms with E-state index in [0.29, 0.717) is 28.0 Å². The number of sulfonamides is 1. The van der Waals surface area contributed by atoms with Crippen molar-refractivity contribution >= 4 is 38.3 Å². The standard InChI is InChI=1S/C21H18N4O4S/c1-13-2-6-15(7-3-13)22-20(26)14-4-8-16(9-5-14)25-30(28,29)17-10-11-18-19(12-17)24-21(27)23-18/h2-12,25H,1H3,(H,22,26)(H2,23,24,27). The molecule has 4 aromatic rings. The van der Waals surface area contributed by atoms with E-state index < -0.39 is 15.7 Å². The molecule has 0 aliphatic rings. The van der Waals surface area contributed by atoms with Gasteiger partial charge in [0.1, 0.15) is 0 Å². The zero-order valence-corrected chi connectivity index (χ0v) is 16.7. The van der Waals surface area contributed by atoms with Gasteiger partial charge in [0.2, 0.25) is 0 Å². The molecule has 9 heteroatoms. The molecule has 0 saturated carbocycles. The van der Waals surface area contributed by atoms with Crippen molar-refractivity contribution in [1.82, 2.24) is 9.97 Å². The first-order chi connectivity index (χ1) is 14.3. The summed E-state index contributed by atoms with van der Waals surface area (Å²) in [6, 6.07) is 17.8. The smallest absolute Gasteiger partial charge is 0.322 e. The fourth-order valence-electron chi connectivity index (χ4n) is 2.92. The Kier molecular flexibility index (Phi) is 4.88. The molecule has 0 atom stereocenters. The van der Waals surface area contributed by atoms with Crippen molar-refractivity contribution in [3.05, 3.63) is 88.3 Å². The maximum atomic E-state index is 12.6. The van der Waals surface area contributed by atoms with Crippen LogP contribution in [0.1, 0.15) is 15.9 Å². The van der Waals surface area contributed by atoms with Gasteiger partial charge in [0.15, 0.2) is 0 Å². The van der Waals surface area contributed by atoms with Crippen molar-refractivity contribution in [3.8, 4) is 0 Å². The average molecular weight is 422 g/mol. The van der Waals surface area contributed by atoms with Crippen LogP contribution in [0.2, 0.25) is 0 Å². The molecule has 0 aliphatic carbocycles. The van der Waals surface area contributed by atoms with Gasteiger partial charge in [-0.1, -0.05) is 17.7 Å². The van der Waals surface area contributed by atoms with Gasteiger partial charge in [0, 0.05) is 16.9 Å². The molecule has 1 amide bonds. The van der Waals surface area contributed by atoms with E-state index in [1.807, 2.05) is 31.2 Å². The number of nitrogens with one attached hydrogen (secondary N) is 4. The molecule has 0 fully saturated rings. The normalized spacial score (nSPS) is 11.4. The number of benzene rings is 3. The molecule has 0 spiro atoms. The topological polar surface area (TPSA) is 124 Å². The quantitative estimate of drug-likeness (QED) is 0.394. The van der Waals surface area contributed by atoms with Gasteiger partial charge in [-0.25, -0.2) is 13.2 Å². The van der Waals surface area contributed by atoms with Crippen LogP contribution in [-0.4, -0.2) is 24.3 Å². The van der Waals surface area contributed by atoms with Crippen LogP contribution in [0.25, 0.3) is 11.0 Å². The summed E-state index contributed by atoms with van der Waals surface area (Å²) in [5, 5.41) is 2.79. The number of aromatic amines is 2. The van der Waals surface area contributed by atoms with E-state index in [4.69, 9.17) is 0 Å². The Labute approximate surface area is 172 Å². The number of imidazole rings is 1. The summed E-state index contributed by atoms with van der Waals surface area (Å²) in [6.07, 6.45) is 0. The van der Waals surface area contributed by atoms with E-state index in [9.17, 15) is 18.0 Å². The number of rotatable bonds is 5. The van der Waals surface area contributed by atoms with E-state index in [2.05, 4.69) is 20.0 Å². The van der Waals surface area contributed by atoms with Gasteiger partial charge >= 0.3 is 5.69 Å². The summed E-state index contributed by atoms with van der Waals surface area (Å²) in [7, 11) is -3.87. The lowest BCUT2D eigenvalue weighted by atomic mass is 10.2. The third-order valence-corrected chi connectivity index (χ3v) is 5.89. The fourth-order valence-corrected chi connectivity index (χ4v) is 4.01. The molecular formula is C21H18N4O4S. The summed E-state index contributed by atoms with van der Waals surface area (Å²) in [6.45, 7) is 1.96. The van der Waals surface area contributed by atoms with E-state index in [1.165, 1.54) is 42.5 Å². The van der Waals surface area contributed by atoms with E-state index >= 15 is 0 Å². The van der Waals surface area contributed by atoms with Crippen molar-refractivity contribution in [1.29, 1.82) is 0 Å². The van der Waals surface area contributed by atoms with Crippen molar-refractivity contribution in [3.63, 3.8) is 0 Å². The first-order valence-electron chi connectivity index (χ1n) is 9.03. The molecule has 1 aromatic heterocycles. The number of H-pyrrole nitrogens is 2. The SMILES string of the molecule is Cc1ccc(NC(=O)c2ccc(NS(=O)(=O)c3ccc4[nH]c(=O)[nH]c4c3)cc2)cc1. The van der Waals surface area contributed by atoms with Gasteiger partial charge in [-0.15, -0.1) is 0 Å². The Hall–Kier alpha value is -3.85. The average Bonchev–Trinajstić information content (AvgIpc) is 3.09. The summed E-state index contributed by atoms with van der Waals surface area (Å²) in [5.74, 6) is -0.296. The minimum atomic E-state index is -3.87. The number of anilines is 2. The molecule has 0 bridgehead atoms. The zero-order valence-electron chi connectivity index (χ0n) is 15.9. The molecule has 8 nitrogen and oxygen atoms in total. The minimum absolute atomic E-state index is 0.00596. The number of hydrogen-bond donors (Lipinski definition) is 4. The first kappa shape index (κ1) is 19.5. The van der Waals surface area contributed by atoms with Crippen molar-refractivity contribution in [2.45, 2.75) is 11.8 Å². The molecule has 0 saturated heterocycles. The second-order valence-electron chi connectivity index (χ2n) is 6.79. The lowest BCUT2D eigenvalue weighted by molar-refractivity contribution is 0.102. The Morgan fingerprint density at radius 1 is 0.833 bits per heavy atom. The Morgan fingerprint density at radius 2 is 1.47 bits per heavy atom. The zero-order chi connectivity index (χ0) is 21.3. The number of aromatic nitrogens is 2. The fraction of sp³-hybridized carbons (Fsp3) is 0.0476. The summed E-state index contributed by atoms with van der Waals surface area (Å²) >= 11 is 0. The Morgan fingerprint density at radius 3 is 2.17 bits per heavy atom. The maximum Gasteiger partial charge on any atom is 0.323 e. The lowest BCUT2D eigenvalue weighted by Crippen LogP contribution is -2.14. The van der Waals surface area contributed by atoms with Crippen LogP contribution in [0.3, 0.4) is 0 Å². The van der Waals surface area contributed by atoms with Gasteiger partial charge in [0.25, 0.3) is 15.9 Å². The van der Waals surface area contributed by atoms with Crippen molar-refractivity contribution in [2.75, 3.05) is 10.0 Å². The van der Waals surface area contributed by atoms with Gasteiger partial charge in [-0.05, 0) is 61.5 Å². The molecule has 3 aromatic carbocycles. The number of fused-ring (bicyclic) bond motifs is 1. The molecule has 0 unspecified atom stereocenters. The van der Waals surface area contributed by atoms with E-state index in [1.54, 1.807) is 0 Å². The number of hydrogen-bond acceptors (Lipinski definition) is 4. The molecular weight excluding hydrogens is 404 g/mol. The van der Waals surface area contributed by atoms with E-state index in [0.717, 1.165) is 5.56 Å². The maximum absolute atomic E-state index is 12.6. The van der Waals surface area contributed by atoms with Gasteiger partial charge in [0.05, 0.1) is 15.9 Å². The highest BCUT2D eigenvalue weighted by Crippen LogP contribution is 2.20. The summed E-state index contributed by atoms with van der Waals surface area (Å²) in [5.41, 5.74) is 2.97. The molecule has 152 valence electrons. The number of carbonyl (C=O) groups is 1. The van der Waals surface area contributed by atoms with Gasteiger partial charge < -0.3 is 15.3 Å². The van der Waals surface area contributed by atoms with Crippen molar-refractivity contribution < 1.29 is 13.2 Å². The second kappa shape index (κ2) is 7.53. The monoisotopic (exact) mass is 422 g/mol. The van der Waals surface area contributed by atoms with Crippen LogP contribution in [-0.2, 0) is 10.0 Å². The van der Waals surface area contributed by atoms with Gasteiger partial charge in [-0.2, -0.15) is 0 Å². The molecule has 0 aliphatic heterocycles. The third kappa shape index (κ3) is 4.11. The van der Waals surface area contributed by atoms with E-state index in [-0.39, 0.29) is 10.8 Å². The molecule has 1 heterocycles. The highest BCUT2D eigenvalue weighted by atomic mass is 32.2. The van der Waals surface area contributed by atoms with Crippen LogP contribution in [0.15, 0.2) is 76.4 Å². The van der Waals surface area contributed by atoms with Crippen LogP contribution in [0, 0.1) is 6.92 Å². The van der Waals surface area contributed by atoms with Crippen LogP contribution >= 0.6 is 0 Å². The predicted molar refractivity (Wildman–Crippen MR) is 115 cm³/mol. The Balaban J connectivity index is 1.49. The third-order valence-electron chi connectivity index (χ3n) is 4.51. The lowest BCUT2D eigenvalue weighted by Gasteiger charge is -2.09. The molecule has 4 rings (SSSR count). The molecule has 4 N–H and O–H groups in total. The van der Waals surface area contributed by atoms with Crippen LogP contribution in [0.4, 0.5) is 11.4 Å². The number of aryl methyl sites for hydroxylation is 1. The molecule has 0 radical (unpaired) electrons. The molecule has 30 heavy (non-hydrogen) atoms. The highest BCUT2D eigenvalue weighted by Gasteiger charge is 2.16. The summed E-state index contributed by atoms with van der Waals surface area (Å²) < 4.78 is 27.8. The van der Waals surface area contributed by atoms with Gasteiger partial charge in [-0.3, -0.25) is 9.52 Å². The highest BCUT2D eigenvalue weighted by molar-refractivity contribution is 7.92. The second-order valence-corrected chi connectivity index (χ2v) is 8.47. The number of carbonyl (C=O) groups excluding carboxylic acids is 1. The Bertz CT molecular complexity index is 1390. The van der Waals surface area contributed by atoms with Crippen LogP contribution in [0.5, 0.6) is 0 Å². The minimum Gasteiger partial charge on any atom is -0.322 e. The summed E-state index contributed by atoms with van der Waals surface area (Å²) in [4.78, 5) is 28.8. The van der Waals surface area contributed by atoms with Crippen molar-refractivity contribution in [2.24, 2.45) is 0 Å². The number of amides is 1. The van der Waals surface area contributed by atoms with Crippen LogP contribution < -0.4 is 15.7 Å². The first-order valence-corrected chi connectivity index (χ1v) is 10.5.